The highest BCUT2D eigenvalue weighted by Crippen LogP contribution is 2.25. The van der Waals surface area contributed by atoms with Gasteiger partial charge in [-0.15, -0.1) is 11.3 Å². The molecule has 2 aromatic carbocycles. The number of nitrogens with one attached hydrogen (secondary N) is 1. The van der Waals surface area contributed by atoms with E-state index in [-0.39, 0.29) is 11.7 Å². The van der Waals surface area contributed by atoms with Crippen molar-refractivity contribution in [3.8, 4) is 11.3 Å². The molecule has 0 aliphatic rings. The van der Waals surface area contributed by atoms with Gasteiger partial charge in [0, 0.05) is 23.1 Å². The summed E-state index contributed by atoms with van der Waals surface area (Å²) in [5, 5.41) is 3.40. The summed E-state index contributed by atoms with van der Waals surface area (Å²) in [6.07, 6.45) is 2.61. The zero-order chi connectivity index (χ0) is 19.5. The van der Waals surface area contributed by atoms with Crippen molar-refractivity contribution in [2.45, 2.75) is 20.3 Å². The summed E-state index contributed by atoms with van der Waals surface area (Å²) in [6, 6.07) is 19.9. The Balaban J connectivity index is 1.44. The van der Waals surface area contributed by atoms with Gasteiger partial charge in [-0.1, -0.05) is 53.6 Å². The number of anilines is 1. The van der Waals surface area contributed by atoms with Crippen LogP contribution in [-0.2, 0) is 6.42 Å². The third-order valence-electron chi connectivity index (χ3n) is 4.37. The third kappa shape index (κ3) is 4.21. The SMILES string of the molecule is Cc1cccc(Cc2cnc(NC(=O)c3ccc(-c4cccc(C)c4)o3)s2)c1. The van der Waals surface area contributed by atoms with Crippen molar-refractivity contribution < 1.29 is 9.21 Å². The summed E-state index contributed by atoms with van der Waals surface area (Å²) in [6.45, 7) is 4.10. The van der Waals surface area contributed by atoms with E-state index in [4.69, 9.17) is 4.42 Å². The van der Waals surface area contributed by atoms with Gasteiger partial charge in [-0.25, -0.2) is 4.98 Å². The molecule has 0 aliphatic heterocycles. The van der Waals surface area contributed by atoms with Crippen LogP contribution in [-0.4, -0.2) is 10.9 Å². The Bertz CT molecular complexity index is 1130. The Morgan fingerprint density at radius 3 is 2.61 bits per heavy atom. The van der Waals surface area contributed by atoms with Crippen molar-refractivity contribution in [1.82, 2.24) is 4.98 Å². The molecule has 4 aromatic rings. The average molecular weight is 388 g/mol. The van der Waals surface area contributed by atoms with Crippen LogP contribution in [0.4, 0.5) is 5.13 Å². The van der Waals surface area contributed by atoms with E-state index in [1.165, 1.54) is 22.5 Å². The molecule has 0 atom stereocenters. The number of hydrogen-bond donors (Lipinski definition) is 1. The van der Waals surface area contributed by atoms with Crippen LogP contribution in [0, 0.1) is 13.8 Å². The fourth-order valence-corrected chi connectivity index (χ4v) is 3.88. The molecule has 140 valence electrons. The van der Waals surface area contributed by atoms with Crippen LogP contribution in [0.2, 0.25) is 0 Å². The van der Waals surface area contributed by atoms with Gasteiger partial charge in [0.25, 0.3) is 5.91 Å². The van der Waals surface area contributed by atoms with Gasteiger partial charge in [-0.05, 0) is 37.6 Å². The normalized spacial score (nSPS) is 10.8. The Kier molecular flexibility index (Phi) is 5.08. The van der Waals surface area contributed by atoms with Gasteiger partial charge in [0.05, 0.1) is 0 Å². The second-order valence-corrected chi connectivity index (χ2v) is 7.90. The largest absolute Gasteiger partial charge is 0.451 e. The van der Waals surface area contributed by atoms with Crippen molar-refractivity contribution in [3.63, 3.8) is 0 Å². The Morgan fingerprint density at radius 1 is 1.04 bits per heavy atom. The predicted octanol–water partition coefficient (Wildman–Crippen LogP) is 5.86. The van der Waals surface area contributed by atoms with Crippen LogP contribution in [0.1, 0.15) is 32.1 Å². The molecule has 0 bridgehead atoms. The van der Waals surface area contributed by atoms with E-state index in [0.717, 1.165) is 22.4 Å². The summed E-state index contributed by atoms with van der Waals surface area (Å²) in [4.78, 5) is 17.9. The fourth-order valence-electron chi connectivity index (χ4n) is 3.04. The molecule has 0 saturated carbocycles. The standard InChI is InChI=1S/C23H20N2O2S/c1-15-5-3-7-17(11-15)13-19-14-24-23(28-19)25-22(26)21-10-9-20(27-21)18-8-4-6-16(2)12-18/h3-12,14H,13H2,1-2H3,(H,24,25,26). The molecular weight excluding hydrogens is 368 g/mol. The van der Waals surface area contributed by atoms with Crippen LogP contribution in [0.3, 0.4) is 0 Å². The quantitative estimate of drug-likeness (QED) is 0.466. The number of amides is 1. The second kappa shape index (κ2) is 7.82. The summed E-state index contributed by atoms with van der Waals surface area (Å²) >= 11 is 1.48. The molecule has 4 rings (SSSR count). The number of benzene rings is 2. The third-order valence-corrected chi connectivity index (χ3v) is 5.28. The van der Waals surface area contributed by atoms with E-state index in [0.29, 0.717) is 10.9 Å². The number of carbonyl (C=O) groups excluding carboxylic acids is 1. The maximum absolute atomic E-state index is 12.5. The maximum Gasteiger partial charge on any atom is 0.293 e. The molecule has 0 unspecified atom stereocenters. The van der Waals surface area contributed by atoms with Crippen molar-refractivity contribution >= 4 is 22.4 Å². The first-order chi connectivity index (χ1) is 13.6. The van der Waals surface area contributed by atoms with E-state index < -0.39 is 0 Å². The van der Waals surface area contributed by atoms with Gasteiger partial charge in [-0.3, -0.25) is 10.1 Å². The molecule has 1 N–H and O–H groups in total. The molecule has 5 heteroatoms. The molecule has 28 heavy (non-hydrogen) atoms. The number of aryl methyl sites for hydroxylation is 2. The number of furan rings is 1. The molecule has 2 heterocycles. The van der Waals surface area contributed by atoms with Gasteiger partial charge >= 0.3 is 0 Å². The monoisotopic (exact) mass is 388 g/mol. The smallest absolute Gasteiger partial charge is 0.293 e. The van der Waals surface area contributed by atoms with Gasteiger partial charge in [0.2, 0.25) is 0 Å². The molecule has 0 spiro atoms. The van der Waals surface area contributed by atoms with Crippen LogP contribution >= 0.6 is 11.3 Å². The van der Waals surface area contributed by atoms with Crippen molar-refractivity contribution in [3.05, 3.63) is 94.2 Å². The minimum absolute atomic E-state index is 0.270. The average Bonchev–Trinajstić information content (AvgIpc) is 3.32. The highest BCUT2D eigenvalue weighted by atomic mass is 32.1. The molecule has 2 aromatic heterocycles. The Labute approximate surface area is 167 Å². The lowest BCUT2D eigenvalue weighted by molar-refractivity contribution is 0.0997. The Hall–Kier alpha value is -3.18. The summed E-state index contributed by atoms with van der Waals surface area (Å²) in [7, 11) is 0. The van der Waals surface area contributed by atoms with E-state index in [1.54, 1.807) is 6.07 Å². The zero-order valence-electron chi connectivity index (χ0n) is 15.7. The first-order valence-electron chi connectivity index (χ1n) is 9.05. The van der Waals surface area contributed by atoms with Gasteiger partial charge in [-0.2, -0.15) is 0 Å². The van der Waals surface area contributed by atoms with Crippen LogP contribution < -0.4 is 5.32 Å². The van der Waals surface area contributed by atoms with Crippen LogP contribution in [0.15, 0.2) is 71.3 Å². The highest BCUT2D eigenvalue weighted by molar-refractivity contribution is 7.15. The lowest BCUT2D eigenvalue weighted by atomic mass is 10.1. The van der Waals surface area contributed by atoms with Gasteiger partial charge in [0.1, 0.15) is 5.76 Å². The topological polar surface area (TPSA) is 55.1 Å². The van der Waals surface area contributed by atoms with Crippen LogP contribution in [0.5, 0.6) is 0 Å². The molecule has 1 amide bonds. The van der Waals surface area contributed by atoms with Crippen molar-refractivity contribution in [1.29, 1.82) is 0 Å². The number of carbonyl (C=O) groups is 1. The van der Waals surface area contributed by atoms with Gasteiger partial charge in [0.15, 0.2) is 10.9 Å². The molecule has 0 radical (unpaired) electrons. The van der Waals surface area contributed by atoms with Gasteiger partial charge < -0.3 is 4.42 Å². The molecule has 4 nitrogen and oxygen atoms in total. The minimum Gasteiger partial charge on any atom is -0.451 e. The molecule has 0 saturated heterocycles. The predicted molar refractivity (Wildman–Crippen MR) is 113 cm³/mol. The maximum atomic E-state index is 12.5. The molecule has 0 aliphatic carbocycles. The number of rotatable bonds is 5. The molecule has 0 fully saturated rings. The number of nitrogens with zero attached hydrogens (tertiary/aromatic N) is 1. The summed E-state index contributed by atoms with van der Waals surface area (Å²) in [5.41, 5.74) is 4.56. The van der Waals surface area contributed by atoms with E-state index in [9.17, 15) is 4.79 Å². The minimum atomic E-state index is -0.296. The number of thiazole rings is 1. The zero-order valence-corrected chi connectivity index (χ0v) is 16.5. The second-order valence-electron chi connectivity index (χ2n) is 6.79. The summed E-state index contributed by atoms with van der Waals surface area (Å²) in [5.74, 6) is 0.649. The summed E-state index contributed by atoms with van der Waals surface area (Å²) < 4.78 is 5.74. The first kappa shape index (κ1) is 18.2. The van der Waals surface area contributed by atoms with E-state index >= 15 is 0 Å². The van der Waals surface area contributed by atoms with Crippen LogP contribution in [0.25, 0.3) is 11.3 Å². The van der Waals surface area contributed by atoms with Crippen molar-refractivity contribution in [2.75, 3.05) is 5.32 Å². The number of hydrogen-bond acceptors (Lipinski definition) is 4. The fraction of sp³-hybridized carbons (Fsp3) is 0.130. The first-order valence-corrected chi connectivity index (χ1v) is 9.87. The van der Waals surface area contributed by atoms with E-state index in [1.807, 2.05) is 43.5 Å². The van der Waals surface area contributed by atoms with Crippen molar-refractivity contribution in [2.24, 2.45) is 0 Å². The van der Waals surface area contributed by atoms with E-state index in [2.05, 4.69) is 41.5 Å². The molecular formula is C23H20N2O2S. The Morgan fingerprint density at radius 2 is 1.82 bits per heavy atom. The number of aromatic nitrogens is 1. The highest BCUT2D eigenvalue weighted by Gasteiger charge is 2.14. The lowest BCUT2D eigenvalue weighted by Gasteiger charge is -2.00. The lowest BCUT2D eigenvalue weighted by Crippen LogP contribution is -2.10.